The Balaban J connectivity index is 1.91. The number of carbonyl (C=O) groups is 1. The highest BCUT2D eigenvalue weighted by molar-refractivity contribution is 6.33. The number of alkyl halides is 1. The topological polar surface area (TPSA) is 65.0 Å². The highest BCUT2D eigenvalue weighted by Crippen LogP contribution is 2.30. The van der Waals surface area contributed by atoms with Crippen LogP contribution in [0.3, 0.4) is 0 Å². The standard InChI is InChI=1S/C18H27Cl2N3O3/c1-18(2,3)26-17(25)23-8-6-22(7-9-23)16-5-4-13(10-15(16)20)21-12-14(24)11-19/h4-5,10,14,21,24H,6-9,11-12H2,1-3H3. The second-order valence-corrected chi connectivity index (χ2v) is 8.03. The average Bonchev–Trinajstić information content (AvgIpc) is 2.58. The van der Waals surface area contributed by atoms with E-state index in [4.69, 9.17) is 27.9 Å². The van der Waals surface area contributed by atoms with Gasteiger partial charge in [-0.05, 0) is 39.0 Å². The van der Waals surface area contributed by atoms with E-state index < -0.39 is 11.7 Å². The Morgan fingerprint density at radius 3 is 2.50 bits per heavy atom. The van der Waals surface area contributed by atoms with E-state index in [0.717, 1.165) is 11.4 Å². The Kier molecular flexibility index (Phi) is 7.26. The van der Waals surface area contributed by atoms with Crippen molar-refractivity contribution < 1.29 is 14.6 Å². The van der Waals surface area contributed by atoms with Gasteiger partial charge in [-0.2, -0.15) is 0 Å². The first kappa shape index (κ1) is 20.9. The lowest BCUT2D eigenvalue weighted by Gasteiger charge is -2.37. The van der Waals surface area contributed by atoms with Gasteiger partial charge >= 0.3 is 6.09 Å². The fraction of sp³-hybridized carbons (Fsp3) is 0.611. The molecule has 0 aromatic heterocycles. The number of amides is 1. The summed E-state index contributed by atoms with van der Waals surface area (Å²) in [7, 11) is 0. The normalized spacial score (nSPS) is 16.4. The van der Waals surface area contributed by atoms with Crippen LogP contribution >= 0.6 is 23.2 Å². The molecule has 2 rings (SSSR count). The molecule has 0 radical (unpaired) electrons. The van der Waals surface area contributed by atoms with Crippen molar-refractivity contribution in [1.29, 1.82) is 0 Å². The third kappa shape index (κ3) is 6.11. The van der Waals surface area contributed by atoms with Gasteiger partial charge in [-0.3, -0.25) is 0 Å². The smallest absolute Gasteiger partial charge is 0.410 e. The maximum atomic E-state index is 12.1. The summed E-state index contributed by atoms with van der Waals surface area (Å²) < 4.78 is 5.42. The maximum Gasteiger partial charge on any atom is 0.410 e. The molecule has 0 bridgehead atoms. The molecule has 6 nitrogen and oxygen atoms in total. The number of carbonyl (C=O) groups excluding carboxylic acids is 1. The van der Waals surface area contributed by atoms with Crippen LogP contribution in [0.5, 0.6) is 0 Å². The number of halogens is 2. The maximum absolute atomic E-state index is 12.1. The Labute approximate surface area is 165 Å². The molecule has 1 unspecified atom stereocenters. The molecular weight excluding hydrogens is 377 g/mol. The fourth-order valence-corrected chi connectivity index (χ4v) is 3.03. The van der Waals surface area contributed by atoms with Crippen LogP contribution in [0.2, 0.25) is 5.02 Å². The molecule has 1 amide bonds. The second-order valence-electron chi connectivity index (χ2n) is 7.31. The summed E-state index contributed by atoms with van der Waals surface area (Å²) in [5, 5.41) is 13.2. The van der Waals surface area contributed by atoms with Crippen LogP contribution in [-0.4, -0.2) is 66.4 Å². The van der Waals surface area contributed by atoms with Crippen molar-refractivity contribution in [3.63, 3.8) is 0 Å². The number of hydrogen-bond donors (Lipinski definition) is 2. The van der Waals surface area contributed by atoms with E-state index in [-0.39, 0.29) is 12.0 Å². The molecule has 1 aromatic carbocycles. The zero-order valence-electron chi connectivity index (χ0n) is 15.5. The van der Waals surface area contributed by atoms with E-state index in [2.05, 4.69) is 10.2 Å². The summed E-state index contributed by atoms with van der Waals surface area (Å²) in [6.07, 6.45) is -0.878. The molecule has 0 saturated carbocycles. The largest absolute Gasteiger partial charge is 0.444 e. The third-order valence-corrected chi connectivity index (χ3v) is 4.60. The number of ether oxygens (including phenoxy) is 1. The molecule has 1 aliphatic heterocycles. The van der Waals surface area contributed by atoms with E-state index in [1.54, 1.807) is 4.90 Å². The Morgan fingerprint density at radius 1 is 1.31 bits per heavy atom. The summed E-state index contributed by atoms with van der Waals surface area (Å²) in [5.41, 5.74) is 1.27. The first-order chi connectivity index (χ1) is 12.2. The molecule has 1 atom stereocenters. The number of rotatable bonds is 5. The first-order valence-electron chi connectivity index (χ1n) is 8.70. The SMILES string of the molecule is CC(C)(C)OC(=O)N1CCN(c2ccc(NCC(O)CCl)cc2Cl)CC1. The van der Waals surface area contributed by atoms with Crippen molar-refractivity contribution in [2.45, 2.75) is 32.5 Å². The molecule has 1 fully saturated rings. The second kappa shape index (κ2) is 9.02. The highest BCUT2D eigenvalue weighted by Gasteiger charge is 2.26. The molecule has 1 saturated heterocycles. The molecule has 0 spiro atoms. The molecule has 0 aliphatic carbocycles. The molecule has 146 valence electrons. The average molecular weight is 404 g/mol. The van der Waals surface area contributed by atoms with Gasteiger partial charge in [0.1, 0.15) is 5.60 Å². The molecule has 1 aliphatic rings. The summed E-state index contributed by atoms with van der Waals surface area (Å²) in [4.78, 5) is 16.0. The van der Waals surface area contributed by atoms with Crippen LogP contribution < -0.4 is 10.2 Å². The van der Waals surface area contributed by atoms with Crippen molar-refractivity contribution in [2.75, 3.05) is 48.8 Å². The summed E-state index contributed by atoms with van der Waals surface area (Å²) >= 11 is 12.0. The van der Waals surface area contributed by atoms with Crippen LogP contribution in [0.4, 0.5) is 16.2 Å². The Hall–Kier alpha value is -1.37. The Bertz CT molecular complexity index is 614. The van der Waals surface area contributed by atoms with Crippen LogP contribution in [0.1, 0.15) is 20.8 Å². The van der Waals surface area contributed by atoms with E-state index in [0.29, 0.717) is 37.7 Å². The molecule has 2 N–H and O–H groups in total. The van der Waals surface area contributed by atoms with Crippen molar-refractivity contribution >= 4 is 40.7 Å². The number of nitrogens with one attached hydrogen (secondary N) is 1. The van der Waals surface area contributed by atoms with E-state index in [1.165, 1.54) is 0 Å². The summed E-state index contributed by atoms with van der Waals surface area (Å²) in [5.74, 6) is 0.181. The Morgan fingerprint density at radius 2 is 1.96 bits per heavy atom. The number of aliphatic hydroxyl groups is 1. The van der Waals surface area contributed by atoms with Gasteiger partial charge in [0.2, 0.25) is 0 Å². The number of benzene rings is 1. The summed E-state index contributed by atoms with van der Waals surface area (Å²) in [6.45, 7) is 8.52. The third-order valence-electron chi connectivity index (χ3n) is 3.94. The minimum Gasteiger partial charge on any atom is -0.444 e. The minimum atomic E-state index is -0.601. The van der Waals surface area contributed by atoms with Crippen LogP contribution in [0.15, 0.2) is 18.2 Å². The van der Waals surface area contributed by atoms with Crippen molar-refractivity contribution in [3.8, 4) is 0 Å². The van der Waals surface area contributed by atoms with E-state index in [1.807, 2.05) is 39.0 Å². The number of piperazine rings is 1. The van der Waals surface area contributed by atoms with Gasteiger partial charge in [-0.25, -0.2) is 4.79 Å². The molecule has 1 aromatic rings. The van der Waals surface area contributed by atoms with Gasteiger partial charge < -0.3 is 25.0 Å². The van der Waals surface area contributed by atoms with Crippen LogP contribution in [-0.2, 0) is 4.74 Å². The zero-order valence-corrected chi connectivity index (χ0v) is 17.0. The van der Waals surface area contributed by atoms with Gasteiger partial charge in [-0.15, -0.1) is 11.6 Å². The monoisotopic (exact) mass is 403 g/mol. The van der Waals surface area contributed by atoms with E-state index in [9.17, 15) is 9.90 Å². The van der Waals surface area contributed by atoms with Gasteiger partial charge in [0.15, 0.2) is 0 Å². The van der Waals surface area contributed by atoms with Crippen LogP contribution in [0, 0.1) is 0 Å². The zero-order chi connectivity index (χ0) is 19.3. The number of anilines is 2. The predicted molar refractivity (Wildman–Crippen MR) is 107 cm³/mol. The van der Waals surface area contributed by atoms with Gasteiger partial charge in [0.25, 0.3) is 0 Å². The number of nitrogens with zero attached hydrogens (tertiary/aromatic N) is 2. The predicted octanol–water partition coefficient (Wildman–Crippen LogP) is 3.41. The van der Waals surface area contributed by atoms with Crippen LogP contribution in [0.25, 0.3) is 0 Å². The fourth-order valence-electron chi connectivity index (χ4n) is 2.62. The molecule has 8 heteroatoms. The number of aliphatic hydroxyl groups excluding tert-OH is 1. The van der Waals surface area contributed by atoms with Gasteiger partial charge in [0, 0.05) is 38.4 Å². The molecule has 26 heavy (non-hydrogen) atoms. The lowest BCUT2D eigenvalue weighted by atomic mass is 10.2. The minimum absolute atomic E-state index is 0.181. The van der Waals surface area contributed by atoms with Crippen molar-refractivity contribution in [2.24, 2.45) is 0 Å². The van der Waals surface area contributed by atoms with E-state index >= 15 is 0 Å². The highest BCUT2D eigenvalue weighted by atomic mass is 35.5. The van der Waals surface area contributed by atoms with Gasteiger partial charge in [-0.1, -0.05) is 11.6 Å². The van der Waals surface area contributed by atoms with Crippen molar-refractivity contribution in [3.05, 3.63) is 23.2 Å². The lowest BCUT2D eigenvalue weighted by Crippen LogP contribution is -2.50. The number of hydrogen-bond acceptors (Lipinski definition) is 5. The molecular formula is C18H27Cl2N3O3. The quantitative estimate of drug-likeness (QED) is 0.737. The first-order valence-corrected chi connectivity index (χ1v) is 9.61. The van der Waals surface area contributed by atoms with Crippen molar-refractivity contribution in [1.82, 2.24) is 4.90 Å². The van der Waals surface area contributed by atoms with Gasteiger partial charge in [0.05, 0.1) is 22.7 Å². The summed E-state index contributed by atoms with van der Waals surface area (Å²) in [6, 6.07) is 5.70. The lowest BCUT2D eigenvalue weighted by molar-refractivity contribution is 0.0240. The molecule has 1 heterocycles.